The minimum atomic E-state index is 0.145. The van der Waals surface area contributed by atoms with Crippen LogP contribution in [-0.2, 0) is 0 Å². The maximum absolute atomic E-state index is 6.22. The molecule has 0 saturated heterocycles. The van der Waals surface area contributed by atoms with Gasteiger partial charge in [0.05, 0.1) is 0 Å². The lowest BCUT2D eigenvalue weighted by atomic mass is 10.1. The van der Waals surface area contributed by atoms with Crippen molar-refractivity contribution in [3.05, 3.63) is 35.9 Å². The predicted molar refractivity (Wildman–Crippen MR) is 68.3 cm³/mol. The lowest BCUT2D eigenvalue weighted by molar-refractivity contribution is 0.231. The van der Waals surface area contributed by atoms with Crippen LogP contribution in [0.1, 0.15) is 37.3 Å². The lowest BCUT2D eigenvalue weighted by Crippen LogP contribution is -2.35. The van der Waals surface area contributed by atoms with Crippen LogP contribution in [-0.4, -0.2) is 24.5 Å². The molecule has 1 aliphatic carbocycles. The summed E-state index contributed by atoms with van der Waals surface area (Å²) in [5.41, 5.74) is 7.46. The lowest BCUT2D eigenvalue weighted by Gasteiger charge is -2.27. The quantitative estimate of drug-likeness (QED) is 0.841. The van der Waals surface area contributed by atoms with Crippen molar-refractivity contribution in [3.8, 4) is 0 Å². The van der Waals surface area contributed by atoms with Gasteiger partial charge in [-0.2, -0.15) is 0 Å². The molecule has 0 radical (unpaired) electrons. The highest BCUT2D eigenvalue weighted by molar-refractivity contribution is 5.18. The molecule has 1 aromatic rings. The van der Waals surface area contributed by atoms with Gasteiger partial charge in [0, 0.05) is 18.6 Å². The van der Waals surface area contributed by atoms with Crippen molar-refractivity contribution in [2.24, 2.45) is 5.73 Å². The Balaban J connectivity index is 1.89. The first-order valence-corrected chi connectivity index (χ1v) is 6.28. The van der Waals surface area contributed by atoms with Gasteiger partial charge in [0.25, 0.3) is 0 Å². The maximum atomic E-state index is 6.22. The van der Waals surface area contributed by atoms with Crippen LogP contribution in [0.25, 0.3) is 0 Å². The van der Waals surface area contributed by atoms with E-state index in [-0.39, 0.29) is 6.04 Å². The van der Waals surface area contributed by atoms with Crippen molar-refractivity contribution >= 4 is 0 Å². The summed E-state index contributed by atoms with van der Waals surface area (Å²) >= 11 is 0. The van der Waals surface area contributed by atoms with Crippen LogP contribution in [0.2, 0.25) is 0 Å². The topological polar surface area (TPSA) is 29.3 Å². The Morgan fingerprint density at radius 3 is 2.50 bits per heavy atom. The van der Waals surface area contributed by atoms with Crippen LogP contribution in [0.5, 0.6) is 0 Å². The Labute approximate surface area is 98.4 Å². The number of benzene rings is 1. The zero-order valence-electron chi connectivity index (χ0n) is 10.1. The monoisotopic (exact) mass is 218 g/mol. The molecule has 0 aromatic heterocycles. The molecule has 0 spiro atoms. The fourth-order valence-electron chi connectivity index (χ4n) is 2.61. The molecule has 0 amide bonds. The summed E-state index contributed by atoms with van der Waals surface area (Å²) in [7, 11) is 2.21. The van der Waals surface area contributed by atoms with E-state index in [0.717, 1.165) is 12.6 Å². The van der Waals surface area contributed by atoms with E-state index in [0.29, 0.717) is 0 Å². The molecule has 0 aliphatic heterocycles. The standard InChI is InChI=1S/C14H22N2/c1-16(13-9-5-6-10-13)11-14(15)12-7-3-2-4-8-12/h2-4,7-8,13-14H,5-6,9-11,15H2,1H3. The predicted octanol–water partition coefficient (Wildman–Crippen LogP) is 2.56. The molecule has 0 bridgehead atoms. The molecule has 1 unspecified atom stereocenters. The first-order chi connectivity index (χ1) is 7.77. The van der Waals surface area contributed by atoms with Gasteiger partial charge in [-0.1, -0.05) is 43.2 Å². The Morgan fingerprint density at radius 1 is 1.25 bits per heavy atom. The molecule has 1 fully saturated rings. The number of likely N-dealkylation sites (N-methyl/N-ethyl adjacent to an activating group) is 1. The number of hydrogen-bond acceptors (Lipinski definition) is 2. The van der Waals surface area contributed by atoms with Gasteiger partial charge in [-0.15, -0.1) is 0 Å². The van der Waals surface area contributed by atoms with Gasteiger partial charge < -0.3 is 10.6 Å². The van der Waals surface area contributed by atoms with E-state index in [1.807, 2.05) is 6.07 Å². The van der Waals surface area contributed by atoms with E-state index < -0.39 is 0 Å². The molecule has 2 N–H and O–H groups in total. The number of nitrogens with two attached hydrogens (primary N) is 1. The summed E-state index contributed by atoms with van der Waals surface area (Å²) < 4.78 is 0. The van der Waals surface area contributed by atoms with E-state index >= 15 is 0 Å². The summed E-state index contributed by atoms with van der Waals surface area (Å²) in [6, 6.07) is 11.3. The van der Waals surface area contributed by atoms with Gasteiger partial charge in [0.1, 0.15) is 0 Å². The minimum Gasteiger partial charge on any atom is -0.323 e. The first kappa shape index (κ1) is 11.6. The third kappa shape index (κ3) is 2.83. The van der Waals surface area contributed by atoms with Crippen molar-refractivity contribution in [1.82, 2.24) is 4.90 Å². The smallest absolute Gasteiger partial charge is 0.0424 e. The van der Waals surface area contributed by atoms with Crippen LogP contribution in [0.15, 0.2) is 30.3 Å². The molecular weight excluding hydrogens is 196 g/mol. The van der Waals surface area contributed by atoms with Crippen LogP contribution >= 0.6 is 0 Å². The zero-order chi connectivity index (χ0) is 11.4. The van der Waals surface area contributed by atoms with Gasteiger partial charge in [0.2, 0.25) is 0 Å². The number of hydrogen-bond donors (Lipinski definition) is 1. The minimum absolute atomic E-state index is 0.145. The highest BCUT2D eigenvalue weighted by atomic mass is 15.1. The molecular formula is C14H22N2. The summed E-state index contributed by atoms with van der Waals surface area (Å²) in [6.45, 7) is 0.967. The fourth-order valence-corrected chi connectivity index (χ4v) is 2.61. The summed E-state index contributed by atoms with van der Waals surface area (Å²) in [4.78, 5) is 2.44. The first-order valence-electron chi connectivity index (χ1n) is 6.28. The average molecular weight is 218 g/mol. The summed E-state index contributed by atoms with van der Waals surface area (Å²) in [5.74, 6) is 0. The largest absolute Gasteiger partial charge is 0.323 e. The van der Waals surface area contributed by atoms with Crippen molar-refractivity contribution < 1.29 is 0 Å². The van der Waals surface area contributed by atoms with Crippen LogP contribution in [0, 0.1) is 0 Å². The Morgan fingerprint density at radius 2 is 1.88 bits per heavy atom. The van der Waals surface area contributed by atoms with E-state index in [1.54, 1.807) is 0 Å². The van der Waals surface area contributed by atoms with Crippen molar-refractivity contribution in [3.63, 3.8) is 0 Å². The molecule has 88 valence electrons. The number of rotatable bonds is 4. The second-order valence-corrected chi connectivity index (χ2v) is 4.90. The Bertz CT molecular complexity index is 304. The molecule has 2 rings (SSSR count). The SMILES string of the molecule is CN(CC(N)c1ccccc1)C1CCCC1. The van der Waals surface area contributed by atoms with E-state index in [9.17, 15) is 0 Å². The molecule has 0 heterocycles. The van der Waals surface area contributed by atoms with Crippen LogP contribution < -0.4 is 5.73 Å². The number of nitrogens with zero attached hydrogens (tertiary/aromatic N) is 1. The average Bonchev–Trinajstić information content (AvgIpc) is 2.83. The maximum Gasteiger partial charge on any atom is 0.0424 e. The second-order valence-electron chi connectivity index (χ2n) is 4.90. The molecule has 2 nitrogen and oxygen atoms in total. The van der Waals surface area contributed by atoms with Crippen molar-refractivity contribution in [1.29, 1.82) is 0 Å². The van der Waals surface area contributed by atoms with Gasteiger partial charge in [-0.25, -0.2) is 0 Å². The summed E-state index contributed by atoms with van der Waals surface area (Å²) in [5, 5.41) is 0. The zero-order valence-corrected chi connectivity index (χ0v) is 10.1. The fraction of sp³-hybridized carbons (Fsp3) is 0.571. The van der Waals surface area contributed by atoms with Crippen LogP contribution in [0.4, 0.5) is 0 Å². The molecule has 1 atom stereocenters. The van der Waals surface area contributed by atoms with Gasteiger partial charge in [-0.05, 0) is 25.5 Å². The van der Waals surface area contributed by atoms with E-state index in [1.165, 1.54) is 31.2 Å². The van der Waals surface area contributed by atoms with E-state index in [4.69, 9.17) is 5.73 Å². The normalized spacial score (nSPS) is 19.2. The van der Waals surface area contributed by atoms with Gasteiger partial charge in [0.15, 0.2) is 0 Å². The molecule has 2 heteroatoms. The third-order valence-electron chi connectivity index (χ3n) is 3.66. The molecule has 16 heavy (non-hydrogen) atoms. The van der Waals surface area contributed by atoms with Gasteiger partial charge >= 0.3 is 0 Å². The third-order valence-corrected chi connectivity index (χ3v) is 3.66. The van der Waals surface area contributed by atoms with Gasteiger partial charge in [-0.3, -0.25) is 0 Å². The van der Waals surface area contributed by atoms with Crippen LogP contribution in [0.3, 0.4) is 0 Å². The highest BCUT2D eigenvalue weighted by Crippen LogP contribution is 2.23. The molecule has 1 saturated carbocycles. The Kier molecular flexibility index (Phi) is 3.97. The van der Waals surface area contributed by atoms with E-state index in [2.05, 4.69) is 36.2 Å². The second kappa shape index (κ2) is 5.46. The molecule has 1 aromatic carbocycles. The highest BCUT2D eigenvalue weighted by Gasteiger charge is 2.21. The summed E-state index contributed by atoms with van der Waals surface area (Å²) in [6.07, 6.45) is 5.46. The Hall–Kier alpha value is -0.860. The van der Waals surface area contributed by atoms with Crippen molar-refractivity contribution in [2.75, 3.05) is 13.6 Å². The van der Waals surface area contributed by atoms with Crippen molar-refractivity contribution in [2.45, 2.75) is 37.8 Å². The molecule has 1 aliphatic rings.